The van der Waals surface area contributed by atoms with Crippen LogP contribution in [0.1, 0.15) is 48.2 Å². The Bertz CT molecular complexity index is 844. The molecule has 2 aromatic rings. The van der Waals surface area contributed by atoms with Gasteiger partial charge >= 0.3 is 5.97 Å². The van der Waals surface area contributed by atoms with E-state index in [2.05, 4.69) is 5.32 Å². The Balaban J connectivity index is 2.12. The summed E-state index contributed by atoms with van der Waals surface area (Å²) in [6.07, 6.45) is -1.03. The fraction of sp³-hybridized carbons (Fsp3) is 0.333. The number of carbonyl (C=O) groups is 2. The van der Waals surface area contributed by atoms with E-state index in [0.29, 0.717) is 5.75 Å². The third-order valence-electron chi connectivity index (χ3n) is 4.25. The minimum absolute atomic E-state index is 0.0331. The largest absolute Gasteiger partial charge is 0.507 e. The molecule has 2 aromatic carbocycles. The fourth-order valence-electron chi connectivity index (χ4n) is 2.66. The molecule has 0 saturated heterocycles. The zero-order valence-electron chi connectivity index (χ0n) is 16.2. The van der Waals surface area contributed by atoms with E-state index in [1.54, 1.807) is 0 Å². The van der Waals surface area contributed by atoms with Crippen LogP contribution in [0, 0.1) is 6.92 Å². The Morgan fingerprint density at radius 1 is 1.11 bits per heavy atom. The van der Waals surface area contributed by atoms with Crippen molar-refractivity contribution < 1.29 is 24.2 Å². The predicted octanol–water partition coefficient (Wildman–Crippen LogP) is 4.02. The van der Waals surface area contributed by atoms with Gasteiger partial charge in [-0.15, -0.1) is 0 Å². The van der Waals surface area contributed by atoms with Crippen LogP contribution in [0.2, 0.25) is 0 Å². The second-order valence-electron chi connectivity index (χ2n) is 6.61. The Morgan fingerprint density at radius 3 is 2.41 bits per heavy atom. The molecule has 1 atom stereocenters. The first-order valence-corrected chi connectivity index (χ1v) is 8.73. The number of phenolic OH excluding ortho intramolecular Hbond substituents is 1. The van der Waals surface area contributed by atoms with E-state index >= 15 is 0 Å². The van der Waals surface area contributed by atoms with Crippen LogP contribution in [0.25, 0.3) is 0 Å². The number of aromatic hydroxyl groups is 1. The highest BCUT2D eigenvalue weighted by Crippen LogP contribution is 2.28. The number of phenols is 1. The van der Waals surface area contributed by atoms with Crippen LogP contribution in [-0.2, 0) is 9.53 Å². The lowest BCUT2D eigenvalue weighted by atomic mass is 9.98. The van der Waals surface area contributed by atoms with Gasteiger partial charge < -0.3 is 19.9 Å². The van der Waals surface area contributed by atoms with Crippen molar-refractivity contribution in [3.05, 3.63) is 53.1 Å². The van der Waals surface area contributed by atoms with Gasteiger partial charge in [-0.1, -0.05) is 32.0 Å². The number of methoxy groups -OCH3 is 1. The van der Waals surface area contributed by atoms with E-state index in [1.165, 1.54) is 32.2 Å². The van der Waals surface area contributed by atoms with Crippen molar-refractivity contribution in [2.75, 3.05) is 12.4 Å². The van der Waals surface area contributed by atoms with E-state index in [9.17, 15) is 14.7 Å². The molecule has 27 heavy (non-hydrogen) atoms. The summed E-state index contributed by atoms with van der Waals surface area (Å²) in [5, 5.41) is 12.8. The van der Waals surface area contributed by atoms with Crippen LogP contribution >= 0.6 is 0 Å². The number of esters is 1. The number of rotatable bonds is 6. The van der Waals surface area contributed by atoms with Crippen LogP contribution in [0.3, 0.4) is 0 Å². The molecule has 0 bridgehead atoms. The zero-order valence-corrected chi connectivity index (χ0v) is 16.2. The van der Waals surface area contributed by atoms with Gasteiger partial charge in [0.15, 0.2) is 6.10 Å². The van der Waals surface area contributed by atoms with Gasteiger partial charge in [-0.05, 0) is 43.0 Å². The van der Waals surface area contributed by atoms with Crippen molar-refractivity contribution >= 4 is 17.6 Å². The van der Waals surface area contributed by atoms with Crippen LogP contribution < -0.4 is 10.1 Å². The van der Waals surface area contributed by atoms with Gasteiger partial charge in [0, 0.05) is 11.8 Å². The second-order valence-corrected chi connectivity index (χ2v) is 6.61. The predicted molar refractivity (Wildman–Crippen MR) is 103 cm³/mol. The molecule has 0 aliphatic carbocycles. The molecular formula is C21H25NO5. The third-order valence-corrected chi connectivity index (χ3v) is 4.25. The highest BCUT2D eigenvalue weighted by molar-refractivity contribution is 5.99. The minimum atomic E-state index is -1.03. The van der Waals surface area contributed by atoms with Gasteiger partial charge in [0.25, 0.3) is 5.91 Å². The minimum Gasteiger partial charge on any atom is -0.507 e. The molecule has 0 aromatic heterocycles. The maximum atomic E-state index is 12.5. The van der Waals surface area contributed by atoms with Crippen molar-refractivity contribution in [3.63, 3.8) is 0 Å². The van der Waals surface area contributed by atoms with Crippen molar-refractivity contribution in [1.29, 1.82) is 0 Å². The highest BCUT2D eigenvalue weighted by Gasteiger charge is 2.22. The van der Waals surface area contributed by atoms with Crippen LogP contribution in [0.15, 0.2) is 36.4 Å². The lowest BCUT2D eigenvalue weighted by Gasteiger charge is -2.19. The summed E-state index contributed by atoms with van der Waals surface area (Å²) >= 11 is 0. The molecule has 0 unspecified atom stereocenters. The topological polar surface area (TPSA) is 84.9 Å². The van der Waals surface area contributed by atoms with Gasteiger partial charge in [-0.3, -0.25) is 4.79 Å². The number of carbonyl (C=O) groups excluding carboxylic acids is 2. The van der Waals surface area contributed by atoms with E-state index in [4.69, 9.17) is 9.47 Å². The van der Waals surface area contributed by atoms with Gasteiger partial charge in [-0.25, -0.2) is 4.79 Å². The Kier molecular flexibility index (Phi) is 6.45. The molecule has 0 heterocycles. The lowest BCUT2D eigenvalue weighted by molar-refractivity contribution is -0.123. The molecule has 0 fully saturated rings. The molecule has 144 valence electrons. The third kappa shape index (κ3) is 4.78. The van der Waals surface area contributed by atoms with Crippen LogP contribution in [0.5, 0.6) is 11.5 Å². The van der Waals surface area contributed by atoms with Crippen molar-refractivity contribution in [1.82, 2.24) is 0 Å². The molecule has 2 rings (SSSR count). The summed E-state index contributed by atoms with van der Waals surface area (Å²) in [5.74, 6) is -0.850. The number of amides is 1. The average molecular weight is 371 g/mol. The maximum absolute atomic E-state index is 12.5. The first kappa shape index (κ1) is 20.3. The quantitative estimate of drug-likeness (QED) is 0.749. The molecule has 1 amide bonds. The van der Waals surface area contributed by atoms with Gasteiger partial charge in [0.2, 0.25) is 0 Å². The molecule has 0 saturated carbocycles. The smallest absolute Gasteiger partial charge is 0.342 e. The van der Waals surface area contributed by atoms with Gasteiger partial charge in [0.05, 0.1) is 7.11 Å². The zero-order chi connectivity index (χ0) is 20.1. The van der Waals surface area contributed by atoms with Gasteiger partial charge in [-0.2, -0.15) is 0 Å². The summed E-state index contributed by atoms with van der Waals surface area (Å²) in [4.78, 5) is 24.8. The molecule has 0 aliphatic heterocycles. The number of benzene rings is 2. The number of hydrogen-bond acceptors (Lipinski definition) is 5. The summed E-state index contributed by atoms with van der Waals surface area (Å²) in [6.45, 7) is 7.48. The van der Waals surface area contributed by atoms with E-state index < -0.39 is 18.0 Å². The monoisotopic (exact) mass is 371 g/mol. The summed E-state index contributed by atoms with van der Waals surface area (Å²) < 4.78 is 10.2. The molecule has 6 nitrogen and oxygen atoms in total. The second kappa shape index (κ2) is 8.58. The summed E-state index contributed by atoms with van der Waals surface area (Å²) in [7, 11) is 1.45. The number of nitrogens with one attached hydrogen (secondary N) is 1. The van der Waals surface area contributed by atoms with Gasteiger partial charge in [0.1, 0.15) is 17.1 Å². The number of anilines is 1. The first-order chi connectivity index (χ1) is 12.7. The lowest BCUT2D eigenvalue weighted by Crippen LogP contribution is -2.30. The SMILES string of the molecule is COc1ccc(C(=O)O[C@H](C)C(=O)Nc2c(C)cccc2C(C)C)c(O)c1. The van der Waals surface area contributed by atoms with Crippen molar-refractivity contribution in [2.45, 2.75) is 39.7 Å². The molecule has 0 spiro atoms. The molecular weight excluding hydrogens is 346 g/mol. The Labute approximate surface area is 159 Å². The number of ether oxygens (including phenoxy) is 2. The molecule has 6 heteroatoms. The van der Waals surface area contributed by atoms with Crippen molar-refractivity contribution in [3.8, 4) is 11.5 Å². The summed E-state index contributed by atoms with van der Waals surface area (Å²) in [5.41, 5.74) is 2.64. The van der Waals surface area contributed by atoms with Crippen LogP contribution in [0.4, 0.5) is 5.69 Å². The fourth-order valence-corrected chi connectivity index (χ4v) is 2.66. The van der Waals surface area contributed by atoms with Crippen LogP contribution in [-0.4, -0.2) is 30.2 Å². The Hall–Kier alpha value is -3.02. The van der Waals surface area contributed by atoms with Crippen molar-refractivity contribution in [2.24, 2.45) is 0 Å². The van der Waals surface area contributed by atoms with E-state index in [1.807, 2.05) is 39.0 Å². The first-order valence-electron chi connectivity index (χ1n) is 8.73. The number of hydrogen-bond donors (Lipinski definition) is 2. The molecule has 2 N–H and O–H groups in total. The highest BCUT2D eigenvalue weighted by atomic mass is 16.5. The maximum Gasteiger partial charge on any atom is 0.342 e. The average Bonchev–Trinajstić information content (AvgIpc) is 2.62. The van der Waals surface area contributed by atoms with E-state index in [-0.39, 0.29) is 17.2 Å². The Morgan fingerprint density at radius 2 is 1.81 bits per heavy atom. The van der Waals surface area contributed by atoms with E-state index in [0.717, 1.165) is 16.8 Å². The number of para-hydroxylation sites is 1. The normalized spacial score (nSPS) is 11.8. The molecule has 0 aliphatic rings. The standard InChI is InChI=1S/C21H25NO5/c1-12(2)16-8-6-7-13(3)19(16)22-20(24)14(4)27-21(25)17-10-9-15(26-5)11-18(17)23/h6-12,14,23H,1-5H3,(H,22,24)/t14-/m1/s1. The summed E-state index contributed by atoms with van der Waals surface area (Å²) in [6, 6.07) is 10.0. The molecule has 0 radical (unpaired) electrons. The number of aryl methyl sites for hydroxylation is 1.